The minimum atomic E-state index is -0.217. The molecule has 4 nitrogen and oxygen atoms in total. The molecule has 0 unspecified atom stereocenters. The second-order valence-electron chi connectivity index (χ2n) is 8.40. The fraction of sp³-hybridized carbons (Fsp3) is 0.905. The molecule has 2 rings (SSSR count). The summed E-state index contributed by atoms with van der Waals surface area (Å²) < 4.78 is 5.76. The van der Waals surface area contributed by atoms with Gasteiger partial charge >= 0.3 is 5.97 Å². The third-order valence-electron chi connectivity index (χ3n) is 6.49. The second kappa shape index (κ2) is 9.16. The lowest BCUT2D eigenvalue weighted by atomic mass is 9.68. The maximum absolute atomic E-state index is 12.5. The van der Waals surface area contributed by atoms with Crippen LogP contribution in [0.15, 0.2) is 0 Å². The van der Waals surface area contributed by atoms with E-state index in [1.54, 1.807) is 0 Å². The van der Waals surface area contributed by atoms with Crippen LogP contribution in [0.5, 0.6) is 0 Å². The lowest BCUT2D eigenvalue weighted by molar-refractivity contribution is -0.150. The molecule has 2 fully saturated rings. The van der Waals surface area contributed by atoms with Crippen LogP contribution in [0.2, 0.25) is 0 Å². The van der Waals surface area contributed by atoms with Crippen molar-refractivity contribution in [2.45, 2.75) is 97.6 Å². The van der Waals surface area contributed by atoms with Crippen LogP contribution in [-0.2, 0) is 14.3 Å². The van der Waals surface area contributed by atoms with E-state index in [4.69, 9.17) is 4.74 Å². The van der Waals surface area contributed by atoms with E-state index < -0.39 is 0 Å². The van der Waals surface area contributed by atoms with Crippen molar-refractivity contribution in [2.75, 3.05) is 13.1 Å². The van der Waals surface area contributed by atoms with Gasteiger partial charge in [0, 0.05) is 31.8 Å². The predicted octanol–water partition coefficient (Wildman–Crippen LogP) is 4.36. The average Bonchev–Trinajstić information content (AvgIpc) is 2.90. The van der Waals surface area contributed by atoms with Crippen LogP contribution in [0.4, 0.5) is 0 Å². The molecular formula is C21H37NO3. The number of nitrogens with zero attached hydrogens (tertiary/aromatic N) is 1. The molecule has 0 aromatic carbocycles. The number of ketones is 1. The lowest BCUT2D eigenvalue weighted by Gasteiger charge is -2.34. The van der Waals surface area contributed by atoms with Crippen molar-refractivity contribution in [3.05, 3.63) is 0 Å². The number of ether oxygens (including phenoxy) is 1. The second-order valence-corrected chi connectivity index (χ2v) is 8.40. The van der Waals surface area contributed by atoms with E-state index >= 15 is 0 Å². The summed E-state index contributed by atoms with van der Waals surface area (Å²) in [4.78, 5) is 26.5. The zero-order chi connectivity index (χ0) is 18.4. The van der Waals surface area contributed by atoms with Gasteiger partial charge in [0.1, 0.15) is 11.9 Å². The Labute approximate surface area is 153 Å². The number of Topliss-reactive ketones (excluding diaryl/α,β-unsaturated/α-hetero) is 1. The fourth-order valence-electron chi connectivity index (χ4n) is 4.56. The van der Waals surface area contributed by atoms with E-state index in [1.165, 1.54) is 0 Å². The first kappa shape index (κ1) is 20.4. The van der Waals surface area contributed by atoms with Crippen LogP contribution >= 0.6 is 0 Å². The number of cyclic esters (lactones) is 1. The molecule has 2 aliphatic rings. The zero-order valence-electron chi connectivity index (χ0n) is 16.7. The van der Waals surface area contributed by atoms with E-state index in [9.17, 15) is 9.59 Å². The Morgan fingerprint density at radius 2 is 1.92 bits per heavy atom. The van der Waals surface area contributed by atoms with E-state index in [0.717, 1.165) is 58.0 Å². The summed E-state index contributed by atoms with van der Waals surface area (Å²) in [6, 6.07) is 0.539. The van der Waals surface area contributed by atoms with E-state index in [0.29, 0.717) is 30.6 Å². The number of hydrogen-bond acceptors (Lipinski definition) is 4. The highest BCUT2D eigenvalue weighted by atomic mass is 16.6. The van der Waals surface area contributed by atoms with Crippen molar-refractivity contribution in [3.8, 4) is 0 Å². The molecule has 1 heterocycles. The highest BCUT2D eigenvalue weighted by Crippen LogP contribution is 2.49. The monoisotopic (exact) mass is 351 g/mol. The first-order valence-corrected chi connectivity index (χ1v) is 10.4. The van der Waals surface area contributed by atoms with Crippen LogP contribution in [-0.4, -0.2) is 41.9 Å². The minimum Gasteiger partial charge on any atom is -0.462 e. The Balaban J connectivity index is 1.79. The van der Waals surface area contributed by atoms with Gasteiger partial charge in [0.15, 0.2) is 0 Å². The fourth-order valence-corrected chi connectivity index (χ4v) is 4.56. The molecule has 4 heteroatoms. The van der Waals surface area contributed by atoms with E-state index in [1.807, 2.05) is 6.92 Å². The number of carbonyl (C=O) groups excluding carboxylic acids is 2. The molecular weight excluding hydrogens is 314 g/mol. The summed E-state index contributed by atoms with van der Waals surface area (Å²) in [5, 5.41) is 0. The van der Waals surface area contributed by atoms with Crippen molar-refractivity contribution < 1.29 is 14.3 Å². The molecule has 0 aromatic rings. The molecule has 1 saturated heterocycles. The van der Waals surface area contributed by atoms with Gasteiger partial charge in [0.25, 0.3) is 0 Å². The molecule has 0 N–H and O–H groups in total. The van der Waals surface area contributed by atoms with Crippen LogP contribution in [0, 0.1) is 11.3 Å². The van der Waals surface area contributed by atoms with Gasteiger partial charge in [-0.15, -0.1) is 0 Å². The standard InChI is InChI=1S/C21H37NO3/c1-5-18(23)8-7-17-9-12-21(13-10-17)15-19(25-20(21)24)11-14-22(6-2)16(3)4/h16-17,19H,5-15H2,1-4H3/t17?,19-,21?/m0/s1. The van der Waals surface area contributed by atoms with E-state index in [-0.39, 0.29) is 17.5 Å². The molecule has 1 atom stereocenters. The third-order valence-corrected chi connectivity index (χ3v) is 6.49. The van der Waals surface area contributed by atoms with Crippen molar-refractivity contribution in [2.24, 2.45) is 11.3 Å². The molecule has 25 heavy (non-hydrogen) atoms. The molecule has 144 valence electrons. The van der Waals surface area contributed by atoms with Crippen molar-refractivity contribution >= 4 is 11.8 Å². The Hall–Kier alpha value is -0.900. The Morgan fingerprint density at radius 3 is 2.48 bits per heavy atom. The third kappa shape index (κ3) is 5.29. The van der Waals surface area contributed by atoms with Crippen molar-refractivity contribution in [3.63, 3.8) is 0 Å². The van der Waals surface area contributed by atoms with Gasteiger partial charge in [-0.1, -0.05) is 13.8 Å². The quantitative estimate of drug-likeness (QED) is 0.579. The average molecular weight is 352 g/mol. The number of rotatable bonds is 9. The Kier molecular flexibility index (Phi) is 7.48. The van der Waals surface area contributed by atoms with Gasteiger partial charge < -0.3 is 9.64 Å². The number of hydrogen-bond donors (Lipinski definition) is 0. The summed E-state index contributed by atoms with van der Waals surface area (Å²) in [6.45, 7) is 10.6. The molecule has 1 aliphatic heterocycles. The van der Waals surface area contributed by atoms with Crippen molar-refractivity contribution in [1.29, 1.82) is 0 Å². The maximum atomic E-state index is 12.5. The minimum absolute atomic E-state index is 0.0492. The number of carbonyl (C=O) groups is 2. The smallest absolute Gasteiger partial charge is 0.312 e. The Bertz CT molecular complexity index is 452. The van der Waals surface area contributed by atoms with Crippen molar-refractivity contribution in [1.82, 2.24) is 4.90 Å². The van der Waals surface area contributed by atoms with Gasteiger partial charge in [0.05, 0.1) is 5.41 Å². The van der Waals surface area contributed by atoms with Crippen LogP contribution < -0.4 is 0 Å². The summed E-state index contributed by atoms with van der Waals surface area (Å²) >= 11 is 0. The number of esters is 1. The molecule has 1 saturated carbocycles. The first-order chi connectivity index (χ1) is 11.9. The van der Waals surface area contributed by atoms with E-state index in [2.05, 4.69) is 25.7 Å². The molecule has 1 spiro atoms. The lowest BCUT2D eigenvalue weighted by Crippen LogP contribution is -2.33. The Morgan fingerprint density at radius 1 is 1.24 bits per heavy atom. The van der Waals surface area contributed by atoms with Crippen LogP contribution in [0.1, 0.15) is 85.5 Å². The normalized spacial score (nSPS) is 29.6. The highest BCUT2D eigenvalue weighted by Gasteiger charge is 2.50. The summed E-state index contributed by atoms with van der Waals surface area (Å²) in [5.41, 5.74) is -0.217. The topological polar surface area (TPSA) is 46.6 Å². The predicted molar refractivity (Wildman–Crippen MR) is 100 cm³/mol. The SMILES string of the molecule is CCC(=O)CCC1CCC2(CC1)C[C@H](CCN(CC)C(C)C)OC2=O. The van der Waals surface area contributed by atoms with Gasteiger partial charge in [-0.3, -0.25) is 9.59 Å². The zero-order valence-corrected chi connectivity index (χ0v) is 16.7. The summed E-state index contributed by atoms with van der Waals surface area (Å²) in [7, 11) is 0. The largest absolute Gasteiger partial charge is 0.462 e. The molecule has 0 radical (unpaired) electrons. The summed E-state index contributed by atoms with van der Waals surface area (Å²) in [5.74, 6) is 1.03. The maximum Gasteiger partial charge on any atom is 0.312 e. The van der Waals surface area contributed by atoms with Gasteiger partial charge in [0.2, 0.25) is 0 Å². The highest BCUT2D eigenvalue weighted by molar-refractivity contribution is 5.79. The summed E-state index contributed by atoms with van der Waals surface area (Å²) in [6.07, 6.45) is 8.37. The van der Waals surface area contributed by atoms with Gasteiger partial charge in [-0.2, -0.15) is 0 Å². The molecule has 1 aliphatic carbocycles. The first-order valence-electron chi connectivity index (χ1n) is 10.4. The van der Waals surface area contributed by atoms with Crippen LogP contribution in [0.25, 0.3) is 0 Å². The molecule has 0 amide bonds. The van der Waals surface area contributed by atoms with Gasteiger partial charge in [-0.25, -0.2) is 0 Å². The molecule has 0 aromatic heterocycles. The van der Waals surface area contributed by atoms with Crippen LogP contribution in [0.3, 0.4) is 0 Å². The van der Waals surface area contributed by atoms with Gasteiger partial charge in [-0.05, 0) is 64.8 Å². The molecule has 0 bridgehead atoms.